The Morgan fingerprint density at radius 2 is 1.66 bits per heavy atom. The highest BCUT2D eigenvalue weighted by Crippen LogP contribution is 2.23. The van der Waals surface area contributed by atoms with Gasteiger partial charge < -0.3 is 10.0 Å². The number of nitrogens with zero attached hydrogens (tertiary/aromatic N) is 2. The molecule has 3 heteroatoms. The Hall–Kier alpha value is -2.65. The lowest BCUT2D eigenvalue weighted by Gasteiger charge is -2.27. The molecule has 0 aliphatic carbocycles. The third-order valence-electron chi connectivity index (χ3n) is 5.19. The molecule has 0 fully saturated rings. The molecule has 0 heterocycles. The summed E-state index contributed by atoms with van der Waals surface area (Å²) in [6.45, 7) is 12.7. The van der Waals surface area contributed by atoms with Crippen molar-refractivity contribution in [1.82, 2.24) is 0 Å². The first-order valence-electron chi connectivity index (χ1n) is 10.4. The second-order valence-corrected chi connectivity index (χ2v) is 7.35. The molecule has 2 rings (SSSR count). The first kappa shape index (κ1) is 22.6. The molecule has 0 aliphatic rings. The zero-order valence-electron chi connectivity index (χ0n) is 18.5. The van der Waals surface area contributed by atoms with Crippen molar-refractivity contribution in [3.05, 3.63) is 83.6 Å². The third-order valence-corrected chi connectivity index (χ3v) is 5.19. The van der Waals surface area contributed by atoms with Gasteiger partial charge in [0, 0.05) is 49.2 Å². The quantitative estimate of drug-likeness (QED) is 0.333. The summed E-state index contributed by atoms with van der Waals surface area (Å²) >= 11 is 0. The van der Waals surface area contributed by atoms with E-state index in [0.29, 0.717) is 0 Å². The van der Waals surface area contributed by atoms with Gasteiger partial charge in [-0.2, -0.15) is 4.58 Å². The van der Waals surface area contributed by atoms with Crippen LogP contribution in [0.1, 0.15) is 38.3 Å². The maximum Gasteiger partial charge on any atom is 0.208 e. The van der Waals surface area contributed by atoms with Gasteiger partial charge >= 0.3 is 0 Å². The number of rotatable bonds is 9. The third kappa shape index (κ3) is 6.16. The minimum atomic E-state index is 0.195. The molecule has 0 spiro atoms. The van der Waals surface area contributed by atoms with Gasteiger partial charge in [0.05, 0.1) is 0 Å². The van der Waals surface area contributed by atoms with Crippen LogP contribution in [0.2, 0.25) is 0 Å². The Bertz CT molecular complexity index is 893. The standard InChI is InChI=1S/C26H35N2O/c1-6-27(25-17-9-7-13-21(25)2)23(4)15-11-16-24(5)28(19-12-20-29)26-18-10-8-14-22(26)3/h7-11,13-18,29H,6,12,19-20H2,1-5H3/q+1. The van der Waals surface area contributed by atoms with Gasteiger partial charge in [0.1, 0.15) is 6.54 Å². The van der Waals surface area contributed by atoms with Gasteiger partial charge in [-0.05, 0) is 51.8 Å². The van der Waals surface area contributed by atoms with Gasteiger partial charge in [0.2, 0.25) is 5.69 Å². The van der Waals surface area contributed by atoms with Crippen molar-refractivity contribution in [3.8, 4) is 0 Å². The van der Waals surface area contributed by atoms with Crippen molar-refractivity contribution >= 4 is 17.1 Å². The Morgan fingerprint density at radius 3 is 2.28 bits per heavy atom. The van der Waals surface area contributed by atoms with Crippen LogP contribution in [0.15, 0.2) is 72.5 Å². The summed E-state index contributed by atoms with van der Waals surface area (Å²) in [5.74, 6) is 0. The number of anilines is 1. The smallest absolute Gasteiger partial charge is 0.208 e. The van der Waals surface area contributed by atoms with Gasteiger partial charge in [-0.3, -0.25) is 0 Å². The molecule has 0 saturated heterocycles. The second-order valence-electron chi connectivity index (χ2n) is 7.35. The Kier molecular flexibility index (Phi) is 8.88. The Balaban J connectivity index is 2.29. The van der Waals surface area contributed by atoms with E-state index in [1.165, 1.54) is 28.2 Å². The van der Waals surface area contributed by atoms with Crippen molar-refractivity contribution in [2.24, 2.45) is 0 Å². The zero-order valence-corrected chi connectivity index (χ0v) is 18.5. The summed E-state index contributed by atoms with van der Waals surface area (Å²) in [7, 11) is 0. The molecule has 29 heavy (non-hydrogen) atoms. The van der Waals surface area contributed by atoms with Crippen LogP contribution in [0.4, 0.5) is 11.4 Å². The molecule has 0 atom stereocenters. The van der Waals surface area contributed by atoms with Gasteiger partial charge in [0.25, 0.3) is 0 Å². The summed E-state index contributed by atoms with van der Waals surface area (Å²) in [6.07, 6.45) is 7.18. The van der Waals surface area contributed by atoms with Crippen LogP contribution in [-0.4, -0.2) is 35.1 Å². The molecule has 0 radical (unpaired) electrons. The van der Waals surface area contributed by atoms with E-state index in [1.807, 2.05) is 0 Å². The number of benzene rings is 2. The molecule has 0 bridgehead atoms. The van der Waals surface area contributed by atoms with E-state index in [0.717, 1.165) is 25.2 Å². The molecule has 0 amide bonds. The van der Waals surface area contributed by atoms with E-state index in [2.05, 4.69) is 111 Å². The van der Waals surface area contributed by atoms with Crippen LogP contribution < -0.4 is 4.90 Å². The number of hydrogen-bond donors (Lipinski definition) is 1. The minimum Gasteiger partial charge on any atom is -0.396 e. The maximum atomic E-state index is 9.31. The van der Waals surface area contributed by atoms with Gasteiger partial charge in [0.15, 0.2) is 5.71 Å². The van der Waals surface area contributed by atoms with E-state index in [4.69, 9.17) is 0 Å². The van der Waals surface area contributed by atoms with E-state index in [9.17, 15) is 5.11 Å². The van der Waals surface area contributed by atoms with Crippen LogP contribution in [0.25, 0.3) is 0 Å². The van der Waals surface area contributed by atoms with Crippen molar-refractivity contribution in [2.75, 3.05) is 24.6 Å². The molecule has 154 valence electrons. The number of aliphatic hydroxyl groups is 1. The molecular formula is C26H35N2O+. The molecule has 2 aromatic carbocycles. The van der Waals surface area contributed by atoms with Crippen molar-refractivity contribution in [3.63, 3.8) is 0 Å². The van der Waals surface area contributed by atoms with Crippen LogP contribution >= 0.6 is 0 Å². The molecule has 0 saturated carbocycles. The average Bonchev–Trinajstić information content (AvgIpc) is 2.71. The molecule has 2 aromatic rings. The second kappa shape index (κ2) is 11.4. The number of allylic oxidation sites excluding steroid dienone is 4. The number of aliphatic hydroxyl groups excluding tert-OH is 1. The topological polar surface area (TPSA) is 26.5 Å². The first-order valence-corrected chi connectivity index (χ1v) is 10.4. The molecule has 1 N–H and O–H groups in total. The monoisotopic (exact) mass is 391 g/mol. The molecule has 3 nitrogen and oxygen atoms in total. The number of para-hydroxylation sites is 2. The lowest BCUT2D eigenvalue weighted by molar-refractivity contribution is -0.436. The van der Waals surface area contributed by atoms with Crippen LogP contribution in [0.3, 0.4) is 0 Å². The highest BCUT2D eigenvalue weighted by atomic mass is 16.3. The minimum absolute atomic E-state index is 0.195. The largest absolute Gasteiger partial charge is 0.396 e. The summed E-state index contributed by atoms with van der Waals surface area (Å²) in [4.78, 5) is 2.28. The molecule has 0 unspecified atom stereocenters. The van der Waals surface area contributed by atoms with Gasteiger partial charge in [-0.1, -0.05) is 42.5 Å². The van der Waals surface area contributed by atoms with Crippen molar-refractivity contribution in [2.45, 2.75) is 41.0 Å². The normalized spacial score (nSPS) is 13.0. The maximum absolute atomic E-state index is 9.31. The number of hydrogen-bond acceptors (Lipinski definition) is 2. The van der Waals surface area contributed by atoms with E-state index in [-0.39, 0.29) is 6.61 Å². The van der Waals surface area contributed by atoms with Crippen LogP contribution in [-0.2, 0) is 0 Å². The fourth-order valence-corrected chi connectivity index (χ4v) is 3.56. The van der Waals surface area contributed by atoms with Gasteiger partial charge in [-0.25, -0.2) is 0 Å². The molecule has 0 aliphatic heterocycles. The van der Waals surface area contributed by atoms with Gasteiger partial charge in [-0.15, -0.1) is 0 Å². The molecular weight excluding hydrogens is 356 g/mol. The average molecular weight is 392 g/mol. The fourth-order valence-electron chi connectivity index (χ4n) is 3.56. The Morgan fingerprint density at radius 1 is 1.00 bits per heavy atom. The zero-order chi connectivity index (χ0) is 21.2. The van der Waals surface area contributed by atoms with Crippen molar-refractivity contribution in [1.29, 1.82) is 0 Å². The highest BCUT2D eigenvalue weighted by Gasteiger charge is 2.13. The fraction of sp³-hybridized carbons (Fsp3) is 0.346. The van der Waals surface area contributed by atoms with E-state index < -0.39 is 0 Å². The van der Waals surface area contributed by atoms with Crippen LogP contribution in [0.5, 0.6) is 0 Å². The Labute approximate surface area is 176 Å². The predicted molar refractivity (Wildman–Crippen MR) is 125 cm³/mol. The SMILES string of the molecule is CC\[N+](=C(C)/C=C/C=C(\C)N(CCCO)c1ccccc1C)c1ccccc1C. The number of aryl methyl sites for hydroxylation is 2. The lowest BCUT2D eigenvalue weighted by atomic mass is 10.1. The van der Waals surface area contributed by atoms with E-state index in [1.54, 1.807) is 0 Å². The summed E-state index contributed by atoms with van der Waals surface area (Å²) in [5.41, 5.74) is 7.34. The predicted octanol–water partition coefficient (Wildman–Crippen LogP) is 5.78. The van der Waals surface area contributed by atoms with Crippen LogP contribution in [0, 0.1) is 13.8 Å². The lowest BCUT2D eigenvalue weighted by Crippen LogP contribution is -2.23. The summed E-state index contributed by atoms with van der Waals surface area (Å²) in [5, 5.41) is 9.31. The van der Waals surface area contributed by atoms with E-state index >= 15 is 0 Å². The highest BCUT2D eigenvalue weighted by molar-refractivity contribution is 5.89. The van der Waals surface area contributed by atoms with Crippen molar-refractivity contribution < 1.29 is 9.68 Å². The summed E-state index contributed by atoms with van der Waals surface area (Å²) in [6, 6.07) is 16.9. The summed E-state index contributed by atoms with van der Waals surface area (Å²) < 4.78 is 2.33. The first-order chi connectivity index (χ1) is 14.0. The molecule has 0 aromatic heterocycles.